The molecule has 0 spiro atoms. The van der Waals surface area contributed by atoms with Gasteiger partial charge in [-0.1, -0.05) is 223 Å². The van der Waals surface area contributed by atoms with Crippen LogP contribution in [0.15, 0.2) is 170 Å². The van der Waals surface area contributed by atoms with Crippen LogP contribution in [-0.4, -0.2) is 37.2 Å². The number of allylic oxidation sites excluding steroid dienone is 27. The van der Waals surface area contributed by atoms with Gasteiger partial charge in [-0.2, -0.15) is 0 Å². The Morgan fingerprint density at radius 3 is 1.27 bits per heavy atom. The molecule has 0 N–H and O–H groups in total. The molecule has 0 saturated carbocycles. The molecule has 62 heavy (non-hydrogen) atoms. The quantitative estimate of drug-likeness (QED) is 0.0202. The van der Waals surface area contributed by atoms with Gasteiger partial charge in [0, 0.05) is 12.8 Å². The first kappa shape index (κ1) is 56.8. The lowest BCUT2D eigenvalue weighted by molar-refractivity contribution is -0.166. The summed E-state index contributed by atoms with van der Waals surface area (Å²) in [5.74, 6) is -1.16. The van der Waals surface area contributed by atoms with Gasteiger partial charge in [0.1, 0.15) is 13.2 Å². The Bertz CT molecular complexity index is 1530. The molecule has 340 valence electrons. The first-order valence-corrected chi connectivity index (χ1v) is 23.3. The molecule has 0 rings (SSSR count). The Hall–Kier alpha value is -5.23. The Morgan fingerprint density at radius 2 is 0.758 bits per heavy atom. The van der Waals surface area contributed by atoms with Crippen molar-refractivity contribution < 1.29 is 28.6 Å². The summed E-state index contributed by atoms with van der Waals surface area (Å²) in [6, 6.07) is 0. The molecule has 0 aliphatic carbocycles. The Balaban J connectivity index is 4.61. The Labute approximate surface area is 377 Å². The van der Waals surface area contributed by atoms with Crippen molar-refractivity contribution in [3.05, 3.63) is 170 Å². The van der Waals surface area contributed by atoms with Gasteiger partial charge in [-0.15, -0.1) is 0 Å². The van der Waals surface area contributed by atoms with Crippen LogP contribution >= 0.6 is 0 Å². The molecule has 6 heteroatoms. The van der Waals surface area contributed by atoms with Crippen LogP contribution in [0, 0.1) is 0 Å². The summed E-state index contributed by atoms with van der Waals surface area (Å²) in [6.45, 7) is 6.08. The van der Waals surface area contributed by atoms with E-state index in [1.54, 1.807) is 6.08 Å². The number of carbonyl (C=O) groups is 3. The van der Waals surface area contributed by atoms with Gasteiger partial charge in [-0.3, -0.25) is 14.4 Å². The van der Waals surface area contributed by atoms with Crippen molar-refractivity contribution in [1.82, 2.24) is 0 Å². The van der Waals surface area contributed by atoms with Crippen molar-refractivity contribution in [2.24, 2.45) is 0 Å². The lowest BCUT2D eigenvalue weighted by atomic mass is 10.1. The summed E-state index contributed by atoms with van der Waals surface area (Å²) in [4.78, 5) is 37.7. The monoisotopic (exact) mass is 849 g/mol. The summed E-state index contributed by atoms with van der Waals surface area (Å²) >= 11 is 0. The molecule has 0 aliphatic rings. The van der Waals surface area contributed by atoms with Crippen LogP contribution < -0.4 is 0 Å². The molecule has 1 atom stereocenters. The molecule has 0 saturated heterocycles. The molecule has 0 aromatic heterocycles. The number of rotatable bonds is 38. The van der Waals surface area contributed by atoms with E-state index in [4.69, 9.17) is 14.2 Å². The fourth-order valence-corrected chi connectivity index (χ4v) is 5.33. The summed E-state index contributed by atoms with van der Waals surface area (Å²) in [5, 5.41) is 0. The molecule has 6 nitrogen and oxygen atoms in total. The molecule has 0 amide bonds. The highest BCUT2D eigenvalue weighted by molar-refractivity contribution is 5.72. The van der Waals surface area contributed by atoms with Crippen molar-refractivity contribution in [3.8, 4) is 0 Å². The molecule has 0 heterocycles. The Morgan fingerprint density at radius 1 is 0.371 bits per heavy atom. The second-order valence-electron chi connectivity index (χ2n) is 14.5. The van der Waals surface area contributed by atoms with Gasteiger partial charge < -0.3 is 14.2 Å². The minimum atomic E-state index is -0.856. The number of ether oxygens (including phenoxy) is 3. The third-order valence-corrected chi connectivity index (χ3v) is 8.74. The van der Waals surface area contributed by atoms with Gasteiger partial charge in [-0.05, 0) is 70.6 Å². The van der Waals surface area contributed by atoms with E-state index >= 15 is 0 Å². The summed E-state index contributed by atoms with van der Waals surface area (Å²) in [6.07, 6.45) is 72.2. The lowest BCUT2D eigenvalue weighted by Gasteiger charge is -2.18. The fraction of sp³-hybridized carbons (Fsp3) is 0.446. The number of carbonyl (C=O) groups excluding carboxylic acids is 3. The maximum absolute atomic E-state index is 12.7. The van der Waals surface area contributed by atoms with E-state index in [1.165, 1.54) is 6.42 Å². The highest BCUT2D eigenvalue weighted by Crippen LogP contribution is 2.11. The van der Waals surface area contributed by atoms with Crippen LogP contribution in [0.3, 0.4) is 0 Å². The van der Waals surface area contributed by atoms with Crippen molar-refractivity contribution in [2.75, 3.05) is 13.2 Å². The first-order chi connectivity index (χ1) is 30.5. The third kappa shape index (κ3) is 45.8. The maximum atomic E-state index is 12.7. The van der Waals surface area contributed by atoms with Crippen molar-refractivity contribution >= 4 is 17.9 Å². The zero-order chi connectivity index (χ0) is 45.1. The highest BCUT2D eigenvalue weighted by atomic mass is 16.6. The molecule has 0 fully saturated rings. The fourth-order valence-electron chi connectivity index (χ4n) is 5.33. The van der Waals surface area contributed by atoms with Gasteiger partial charge in [-0.25, -0.2) is 0 Å². The van der Waals surface area contributed by atoms with Gasteiger partial charge in [0.05, 0.1) is 6.42 Å². The molecular weight excluding hydrogens is 769 g/mol. The molecule has 0 bridgehead atoms. The smallest absolute Gasteiger partial charge is 0.309 e. The standard InChI is InChI=1S/C56H80O6/c1-4-7-10-13-16-19-21-23-25-27-29-30-32-34-37-40-43-46-49-55(58)61-52-53(51-60-54(57)48-45-42-39-36-18-15-12-9-6-3)62-56(59)50-47-44-41-38-35-33-31-28-26-24-22-20-17-14-11-8-5-2/h8-14,16-31,33,35-36,42,45,53H,4-7,15,32,34,37-41,43-44,46-52H2,1-3H3/b11-8-,12-9-,13-10-,17-14-,19-16-,22-20-,23-21-,26-24-,27-25-,30-29-,31-28+,35-33-,36-18-,45-42-. The number of unbranched alkanes of at least 4 members (excludes halogenated alkanes) is 9. The zero-order valence-corrected chi connectivity index (χ0v) is 38.5. The largest absolute Gasteiger partial charge is 0.462 e. The van der Waals surface area contributed by atoms with Crippen LogP contribution in [0.4, 0.5) is 0 Å². The van der Waals surface area contributed by atoms with Crippen molar-refractivity contribution in [2.45, 2.75) is 149 Å². The minimum Gasteiger partial charge on any atom is -0.462 e. The summed E-state index contributed by atoms with van der Waals surface area (Å²) in [7, 11) is 0. The van der Waals surface area contributed by atoms with Crippen LogP contribution in [0.5, 0.6) is 0 Å². The third-order valence-electron chi connectivity index (χ3n) is 8.74. The van der Waals surface area contributed by atoms with E-state index in [-0.39, 0.29) is 32.0 Å². The van der Waals surface area contributed by atoms with Gasteiger partial charge in [0.2, 0.25) is 0 Å². The highest BCUT2D eigenvalue weighted by Gasteiger charge is 2.19. The second-order valence-corrected chi connectivity index (χ2v) is 14.5. The van der Waals surface area contributed by atoms with Gasteiger partial charge in [0.25, 0.3) is 0 Å². The second kappa shape index (κ2) is 48.4. The van der Waals surface area contributed by atoms with E-state index in [2.05, 4.69) is 81.5 Å². The maximum Gasteiger partial charge on any atom is 0.309 e. The molecular formula is C56H80O6. The number of hydrogen-bond donors (Lipinski definition) is 0. The number of hydrogen-bond acceptors (Lipinski definition) is 6. The van der Waals surface area contributed by atoms with Gasteiger partial charge in [0.15, 0.2) is 6.10 Å². The topological polar surface area (TPSA) is 78.9 Å². The predicted octanol–water partition coefficient (Wildman–Crippen LogP) is 15.2. The average Bonchev–Trinajstić information content (AvgIpc) is 3.27. The van der Waals surface area contributed by atoms with Crippen LogP contribution in [0.25, 0.3) is 0 Å². The van der Waals surface area contributed by atoms with E-state index < -0.39 is 18.0 Å². The van der Waals surface area contributed by atoms with Crippen LogP contribution in [-0.2, 0) is 28.6 Å². The van der Waals surface area contributed by atoms with Crippen LogP contribution in [0.1, 0.15) is 143 Å². The molecule has 0 radical (unpaired) electrons. The number of esters is 3. The van der Waals surface area contributed by atoms with Gasteiger partial charge >= 0.3 is 17.9 Å². The van der Waals surface area contributed by atoms with E-state index in [0.29, 0.717) is 12.8 Å². The van der Waals surface area contributed by atoms with Crippen molar-refractivity contribution in [1.29, 1.82) is 0 Å². The predicted molar refractivity (Wildman–Crippen MR) is 265 cm³/mol. The Kier molecular flexibility index (Phi) is 44.4. The minimum absolute atomic E-state index is 0.109. The SMILES string of the molecule is CC\C=C/C=C\C=C/C=C\C=C\C=C/CCCCCC(=O)OC(COC(=O)C/C=C\C/C=C\C/C=C\CC)COC(=O)CCCCCCC\C=C/C=C\C=C/C=C\C=C/CCC. The lowest BCUT2D eigenvalue weighted by Crippen LogP contribution is -2.30. The van der Waals surface area contributed by atoms with E-state index in [1.807, 2.05) is 103 Å². The van der Waals surface area contributed by atoms with Crippen molar-refractivity contribution in [3.63, 3.8) is 0 Å². The summed E-state index contributed by atoms with van der Waals surface area (Å²) in [5.41, 5.74) is 0. The van der Waals surface area contributed by atoms with E-state index in [0.717, 1.165) is 89.9 Å². The normalized spacial score (nSPS) is 13.7. The molecule has 1 unspecified atom stereocenters. The molecule has 0 aromatic rings. The van der Waals surface area contributed by atoms with Crippen LogP contribution in [0.2, 0.25) is 0 Å². The summed E-state index contributed by atoms with van der Waals surface area (Å²) < 4.78 is 16.5. The van der Waals surface area contributed by atoms with E-state index in [9.17, 15) is 14.4 Å². The molecule has 0 aliphatic heterocycles. The average molecular weight is 849 g/mol. The zero-order valence-electron chi connectivity index (χ0n) is 38.5. The first-order valence-electron chi connectivity index (χ1n) is 23.3. The molecule has 0 aromatic carbocycles.